The standard InChI is InChI=1S/C35H36F3N5O3S/c1-22(2)30-19-29(45-3)14-15-31(30)42-16-17-47-33(42)20-32(44)40-26-9-8-25(18-26)23-4-6-24(7-5-23)34-39-21-43(41-34)27-10-12-28(13-11-27)46-35(36,37)38/h4-7,10-15,19-22,25-26H,8-9,16-18H2,1-3H3,(H,40,44)/b33-20-. The molecule has 2 aliphatic rings. The fourth-order valence-corrected chi connectivity index (χ4v) is 7.17. The van der Waals surface area contributed by atoms with E-state index in [-0.39, 0.29) is 17.7 Å². The summed E-state index contributed by atoms with van der Waals surface area (Å²) in [6.45, 7) is 5.18. The van der Waals surface area contributed by atoms with Gasteiger partial charge in [0, 0.05) is 35.7 Å². The molecule has 3 aromatic carbocycles. The van der Waals surface area contributed by atoms with Crippen LogP contribution in [-0.2, 0) is 4.79 Å². The number of rotatable bonds is 9. The summed E-state index contributed by atoms with van der Waals surface area (Å²) in [4.78, 5) is 19.8. The maximum Gasteiger partial charge on any atom is 0.573 e. The highest BCUT2D eigenvalue weighted by atomic mass is 32.2. The third-order valence-corrected chi connectivity index (χ3v) is 9.50. The molecule has 6 rings (SSSR count). The fourth-order valence-electron chi connectivity index (χ4n) is 6.15. The van der Waals surface area contributed by atoms with Crippen LogP contribution in [0.1, 0.15) is 56.1 Å². The summed E-state index contributed by atoms with van der Waals surface area (Å²) in [6.07, 6.45) is 1.27. The predicted molar refractivity (Wildman–Crippen MR) is 177 cm³/mol. The molecule has 1 aliphatic carbocycles. The van der Waals surface area contributed by atoms with Crippen LogP contribution in [0.4, 0.5) is 18.9 Å². The average Bonchev–Trinajstić information content (AvgIpc) is 3.82. The molecule has 1 amide bonds. The van der Waals surface area contributed by atoms with Crippen LogP contribution in [0.15, 0.2) is 84.2 Å². The lowest BCUT2D eigenvalue weighted by molar-refractivity contribution is -0.274. The minimum Gasteiger partial charge on any atom is -0.497 e. The second kappa shape index (κ2) is 13.7. The van der Waals surface area contributed by atoms with E-state index in [1.807, 2.05) is 18.2 Å². The third-order valence-electron chi connectivity index (χ3n) is 8.48. The number of alkyl halides is 3. The van der Waals surface area contributed by atoms with E-state index >= 15 is 0 Å². The Morgan fingerprint density at radius 1 is 1.04 bits per heavy atom. The zero-order chi connectivity index (χ0) is 33.1. The van der Waals surface area contributed by atoms with Gasteiger partial charge in [0.25, 0.3) is 0 Å². The highest BCUT2D eigenvalue weighted by Gasteiger charge is 2.31. The molecular weight excluding hydrogens is 627 g/mol. The van der Waals surface area contributed by atoms with Gasteiger partial charge in [-0.25, -0.2) is 9.67 Å². The summed E-state index contributed by atoms with van der Waals surface area (Å²) in [7, 11) is 1.67. The van der Waals surface area contributed by atoms with Crippen molar-refractivity contribution in [2.75, 3.05) is 24.3 Å². The Labute approximate surface area is 276 Å². The molecule has 2 unspecified atom stereocenters. The molecule has 1 saturated heterocycles. The number of carbonyl (C=O) groups excluding carboxylic acids is 1. The van der Waals surface area contributed by atoms with Gasteiger partial charge >= 0.3 is 6.36 Å². The Morgan fingerprint density at radius 2 is 1.79 bits per heavy atom. The first kappa shape index (κ1) is 32.5. The molecular formula is C35H36F3N5O3S. The maximum atomic E-state index is 13.2. The van der Waals surface area contributed by atoms with Crippen molar-refractivity contribution in [2.24, 2.45) is 0 Å². The molecule has 47 heavy (non-hydrogen) atoms. The van der Waals surface area contributed by atoms with E-state index in [4.69, 9.17) is 4.74 Å². The topological polar surface area (TPSA) is 81.5 Å². The summed E-state index contributed by atoms with van der Waals surface area (Å²) in [5, 5.41) is 8.70. The van der Waals surface area contributed by atoms with Crippen molar-refractivity contribution in [2.45, 2.75) is 57.3 Å². The molecule has 0 bridgehead atoms. The molecule has 246 valence electrons. The van der Waals surface area contributed by atoms with Gasteiger partial charge in [0.15, 0.2) is 5.82 Å². The van der Waals surface area contributed by atoms with E-state index in [0.717, 1.165) is 53.6 Å². The molecule has 1 aliphatic heterocycles. The first-order valence-corrected chi connectivity index (χ1v) is 16.5. The minimum absolute atomic E-state index is 0.0656. The monoisotopic (exact) mass is 663 g/mol. The van der Waals surface area contributed by atoms with Crippen LogP contribution in [0.3, 0.4) is 0 Å². The number of amides is 1. The SMILES string of the molecule is COc1ccc(N2CCS/C2=C\C(=O)NC2CCC(c3ccc(-c4ncn(-c5ccc(OC(F)(F)F)cc5)n4)cc3)C2)c(C(C)C)c1. The lowest BCUT2D eigenvalue weighted by Gasteiger charge is -2.25. The molecule has 0 spiro atoms. The summed E-state index contributed by atoms with van der Waals surface area (Å²) in [6, 6.07) is 19.8. The van der Waals surface area contributed by atoms with Gasteiger partial charge in [-0.3, -0.25) is 4.79 Å². The van der Waals surface area contributed by atoms with E-state index in [1.54, 1.807) is 24.9 Å². The highest BCUT2D eigenvalue weighted by Crippen LogP contribution is 2.39. The van der Waals surface area contributed by atoms with Crippen molar-refractivity contribution >= 4 is 23.4 Å². The van der Waals surface area contributed by atoms with Crippen LogP contribution in [0.2, 0.25) is 0 Å². The van der Waals surface area contributed by atoms with E-state index in [0.29, 0.717) is 23.3 Å². The lowest BCUT2D eigenvalue weighted by Crippen LogP contribution is -2.32. The average molecular weight is 664 g/mol. The molecule has 2 atom stereocenters. The Kier molecular flexibility index (Phi) is 9.49. The van der Waals surface area contributed by atoms with Gasteiger partial charge in [-0.05, 0) is 84.7 Å². The molecule has 1 aromatic heterocycles. The summed E-state index contributed by atoms with van der Waals surface area (Å²) >= 11 is 1.70. The predicted octanol–water partition coefficient (Wildman–Crippen LogP) is 7.81. The van der Waals surface area contributed by atoms with Crippen molar-refractivity contribution in [1.29, 1.82) is 0 Å². The van der Waals surface area contributed by atoms with Gasteiger partial charge in [0.05, 0.1) is 17.8 Å². The Hall–Kier alpha value is -4.45. The van der Waals surface area contributed by atoms with Crippen molar-refractivity contribution in [3.05, 3.63) is 95.3 Å². The summed E-state index contributed by atoms with van der Waals surface area (Å²) < 4.78 is 48.2. The zero-order valence-electron chi connectivity index (χ0n) is 26.3. The number of carbonyl (C=O) groups is 1. The number of ether oxygens (including phenoxy) is 2. The van der Waals surface area contributed by atoms with Crippen LogP contribution >= 0.6 is 11.8 Å². The number of halogens is 3. The second-order valence-corrected chi connectivity index (χ2v) is 13.1. The van der Waals surface area contributed by atoms with E-state index < -0.39 is 6.36 Å². The normalized spacial score (nSPS) is 19.0. The first-order valence-electron chi connectivity index (χ1n) is 15.5. The number of methoxy groups -OCH3 is 1. The van der Waals surface area contributed by atoms with Gasteiger partial charge in [0.1, 0.15) is 17.8 Å². The highest BCUT2D eigenvalue weighted by molar-refractivity contribution is 8.03. The number of thioether (sulfide) groups is 1. The van der Waals surface area contributed by atoms with Crippen LogP contribution < -0.4 is 19.7 Å². The van der Waals surface area contributed by atoms with Crippen LogP contribution in [0, 0.1) is 0 Å². The molecule has 0 radical (unpaired) electrons. The van der Waals surface area contributed by atoms with Gasteiger partial charge in [0.2, 0.25) is 5.91 Å². The van der Waals surface area contributed by atoms with Crippen LogP contribution in [-0.4, -0.2) is 52.5 Å². The van der Waals surface area contributed by atoms with E-state index in [2.05, 4.69) is 63.1 Å². The smallest absolute Gasteiger partial charge is 0.497 e. The number of nitrogens with one attached hydrogen (secondary N) is 1. The molecule has 1 N–H and O–H groups in total. The number of hydrogen-bond acceptors (Lipinski definition) is 7. The van der Waals surface area contributed by atoms with E-state index in [1.165, 1.54) is 46.4 Å². The third kappa shape index (κ3) is 7.75. The number of hydrogen-bond donors (Lipinski definition) is 1. The Bertz CT molecular complexity index is 1740. The minimum atomic E-state index is -4.74. The van der Waals surface area contributed by atoms with Crippen LogP contribution in [0.5, 0.6) is 11.5 Å². The number of benzene rings is 3. The molecule has 8 nitrogen and oxygen atoms in total. The van der Waals surface area contributed by atoms with Crippen molar-refractivity contribution in [1.82, 2.24) is 20.1 Å². The largest absolute Gasteiger partial charge is 0.573 e. The molecule has 12 heteroatoms. The quantitative estimate of drug-likeness (QED) is 0.183. The van der Waals surface area contributed by atoms with Gasteiger partial charge in [-0.15, -0.1) is 30.0 Å². The number of anilines is 1. The Balaban J connectivity index is 1.05. The van der Waals surface area contributed by atoms with Crippen LogP contribution in [0.25, 0.3) is 17.1 Å². The van der Waals surface area contributed by atoms with Crippen molar-refractivity contribution < 1.29 is 27.4 Å². The second-order valence-electron chi connectivity index (χ2n) is 12.0. The summed E-state index contributed by atoms with van der Waals surface area (Å²) in [5.74, 6) is 2.54. The molecule has 2 heterocycles. The van der Waals surface area contributed by atoms with Gasteiger partial charge < -0.3 is 19.7 Å². The molecule has 4 aromatic rings. The van der Waals surface area contributed by atoms with Crippen molar-refractivity contribution in [3.8, 4) is 28.6 Å². The molecule has 2 fully saturated rings. The zero-order valence-corrected chi connectivity index (χ0v) is 27.1. The maximum absolute atomic E-state index is 13.2. The number of nitrogens with zero attached hydrogens (tertiary/aromatic N) is 4. The van der Waals surface area contributed by atoms with E-state index in [9.17, 15) is 18.0 Å². The summed E-state index contributed by atoms with van der Waals surface area (Å²) in [5.41, 5.74) is 4.90. The van der Waals surface area contributed by atoms with Crippen molar-refractivity contribution in [3.63, 3.8) is 0 Å². The number of aromatic nitrogens is 3. The molecule has 1 saturated carbocycles. The first-order chi connectivity index (χ1) is 22.6. The lowest BCUT2D eigenvalue weighted by atomic mass is 9.96. The van der Waals surface area contributed by atoms with Gasteiger partial charge in [-0.1, -0.05) is 38.1 Å². The Morgan fingerprint density at radius 3 is 2.49 bits per heavy atom. The fraction of sp³-hybridized carbons (Fsp3) is 0.343. The van der Waals surface area contributed by atoms with Gasteiger partial charge in [-0.2, -0.15) is 0 Å².